The molecule has 1 N–H and O–H groups in total. The van der Waals surface area contributed by atoms with E-state index in [1.165, 1.54) is 0 Å². The first-order valence-electron chi connectivity index (χ1n) is 10.7. The first-order valence-corrected chi connectivity index (χ1v) is 11.7. The third-order valence-corrected chi connectivity index (χ3v) is 7.19. The van der Waals surface area contributed by atoms with E-state index >= 15 is 0 Å². The fourth-order valence-corrected chi connectivity index (χ4v) is 5.34. The predicted octanol–water partition coefficient (Wildman–Crippen LogP) is 5.17. The summed E-state index contributed by atoms with van der Waals surface area (Å²) in [5, 5.41) is 14.7. The van der Waals surface area contributed by atoms with Crippen molar-refractivity contribution in [1.29, 1.82) is 0 Å². The second-order valence-electron chi connectivity index (χ2n) is 8.07. The Labute approximate surface area is 187 Å². The molecule has 1 amide bonds. The van der Waals surface area contributed by atoms with Gasteiger partial charge in [0.05, 0.1) is 17.4 Å². The van der Waals surface area contributed by atoms with Gasteiger partial charge in [0.1, 0.15) is 5.76 Å². The highest BCUT2D eigenvalue weighted by Gasteiger charge is 2.29. The van der Waals surface area contributed by atoms with Crippen molar-refractivity contribution in [2.24, 2.45) is 5.92 Å². The molecule has 0 aliphatic carbocycles. The van der Waals surface area contributed by atoms with Crippen LogP contribution in [0.5, 0.6) is 0 Å². The summed E-state index contributed by atoms with van der Waals surface area (Å²) in [6.07, 6.45) is 1.13. The molecule has 31 heavy (non-hydrogen) atoms. The fraction of sp³-hybridized carbons (Fsp3) is 0.360. The number of likely N-dealkylation sites (tertiary alicyclic amines) is 1. The Morgan fingerprint density at radius 1 is 1.13 bits per heavy atom. The maximum Gasteiger partial charge on any atom is 0.254 e. The number of carbonyl (C=O) groups is 1. The zero-order chi connectivity index (χ0) is 21.8. The summed E-state index contributed by atoms with van der Waals surface area (Å²) in [4.78, 5) is 16.2. The Bertz CT molecular complexity index is 1010. The zero-order valence-corrected chi connectivity index (χ0v) is 18.8. The molecule has 0 radical (unpaired) electrons. The van der Waals surface area contributed by atoms with E-state index in [-0.39, 0.29) is 11.8 Å². The molecule has 4 rings (SSSR count). The molecule has 1 aromatic heterocycles. The van der Waals surface area contributed by atoms with Crippen LogP contribution in [-0.4, -0.2) is 34.2 Å². The molecule has 162 valence electrons. The second-order valence-corrected chi connectivity index (χ2v) is 9.09. The summed E-state index contributed by atoms with van der Waals surface area (Å²) in [6.45, 7) is 5.19. The molecule has 2 aromatic carbocycles. The van der Waals surface area contributed by atoms with E-state index < -0.39 is 6.10 Å². The highest BCUT2D eigenvalue weighted by molar-refractivity contribution is 7.98. The normalized spacial score (nSPS) is 15.8. The van der Waals surface area contributed by atoms with Crippen molar-refractivity contribution in [2.45, 2.75) is 43.4 Å². The van der Waals surface area contributed by atoms with Crippen molar-refractivity contribution < 1.29 is 14.4 Å². The quantitative estimate of drug-likeness (QED) is 0.540. The number of benzene rings is 2. The topological polar surface area (TPSA) is 66.6 Å². The van der Waals surface area contributed by atoms with Gasteiger partial charge in [-0.3, -0.25) is 4.79 Å². The molecule has 1 aliphatic heterocycles. The SMILES string of the molecule is Cc1noc(C)c1CSc1ccccc1C(=O)N1CCC(C(O)c2ccccc2)CC1. The molecule has 6 heteroatoms. The van der Waals surface area contributed by atoms with E-state index in [1.807, 2.05) is 73.3 Å². The number of nitrogens with zero attached hydrogens (tertiary/aromatic N) is 2. The van der Waals surface area contributed by atoms with Crippen molar-refractivity contribution in [1.82, 2.24) is 10.1 Å². The van der Waals surface area contributed by atoms with Crippen LogP contribution in [0.4, 0.5) is 0 Å². The Kier molecular flexibility index (Phi) is 6.78. The molecule has 2 heterocycles. The van der Waals surface area contributed by atoms with Crippen molar-refractivity contribution in [2.75, 3.05) is 13.1 Å². The lowest BCUT2D eigenvalue weighted by molar-refractivity contribution is 0.0460. The first kappa shape index (κ1) is 21.7. The molecule has 3 aromatic rings. The van der Waals surface area contributed by atoms with Crippen LogP contribution in [0.3, 0.4) is 0 Å². The molecule has 1 fully saturated rings. The lowest BCUT2D eigenvalue weighted by atomic mass is 9.87. The van der Waals surface area contributed by atoms with Gasteiger partial charge in [-0.1, -0.05) is 47.6 Å². The number of carbonyl (C=O) groups excluding carboxylic acids is 1. The molecule has 0 saturated carbocycles. The molecule has 1 atom stereocenters. The molecule has 1 saturated heterocycles. The molecular weight excluding hydrogens is 408 g/mol. The summed E-state index contributed by atoms with van der Waals surface area (Å²) in [6, 6.07) is 17.6. The van der Waals surface area contributed by atoms with E-state index in [0.29, 0.717) is 13.1 Å². The number of hydrogen-bond donors (Lipinski definition) is 1. The first-order chi connectivity index (χ1) is 15.0. The van der Waals surface area contributed by atoms with Gasteiger partial charge >= 0.3 is 0 Å². The summed E-state index contributed by atoms with van der Waals surface area (Å²) >= 11 is 1.64. The smallest absolute Gasteiger partial charge is 0.254 e. The number of amides is 1. The minimum Gasteiger partial charge on any atom is -0.388 e. The lowest BCUT2D eigenvalue weighted by Crippen LogP contribution is -2.40. The summed E-state index contributed by atoms with van der Waals surface area (Å²) in [5.74, 6) is 1.79. The number of aromatic nitrogens is 1. The van der Waals surface area contributed by atoms with Gasteiger partial charge in [0.25, 0.3) is 5.91 Å². The Balaban J connectivity index is 1.40. The van der Waals surface area contributed by atoms with E-state index in [2.05, 4.69) is 5.16 Å². The number of aryl methyl sites for hydroxylation is 2. The van der Waals surface area contributed by atoms with Crippen LogP contribution >= 0.6 is 11.8 Å². The van der Waals surface area contributed by atoms with Crippen LogP contribution in [0.25, 0.3) is 0 Å². The monoisotopic (exact) mass is 436 g/mol. The Morgan fingerprint density at radius 2 is 1.81 bits per heavy atom. The van der Waals surface area contributed by atoms with E-state index in [1.54, 1.807) is 11.8 Å². The molecule has 1 aliphatic rings. The molecule has 5 nitrogen and oxygen atoms in total. The second kappa shape index (κ2) is 9.71. The maximum atomic E-state index is 13.3. The molecule has 0 spiro atoms. The Morgan fingerprint density at radius 3 is 2.48 bits per heavy atom. The largest absolute Gasteiger partial charge is 0.388 e. The van der Waals surface area contributed by atoms with Gasteiger partial charge in [-0.15, -0.1) is 11.8 Å². The van der Waals surface area contributed by atoms with Crippen molar-refractivity contribution in [3.05, 3.63) is 82.7 Å². The molecule has 1 unspecified atom stereocenters. The number of hydrogen-bond acceptors (Lipinski definition) is 5. The number of thioether (sulfide) groups is 1. The third kappa shape index (κ3) is 4.86. The number of piperidine rings is 1. The van der Waals surface area contributed by atoms with Gasteiger partial charge in [0.2, 0.25) is 0 Å². The minimum atomic E-state index is -0.476. The summed E-state index contributed by atoms with van der Waals surface area (Å²) in [5.41, 5.74) is 3.67. The Hall–Kier alpha value is -2.57. The van der Waals surface area contributed by atoms with Crippen LogP contribution in [0.1, 0.15) is 51.9 Å². The van der Waals surface area contributed by atoms with E-state index in [9.17, 15) is 9.90 Å². The molecular formula is C25H28N2O3S. The minimum absolute atomic E-state index is 0.0644. The fourth-order valence-electron chi connectivity index (χ4n) is 4.14. The zero-order valence-electron chi connectivity index (χ0n) is 18.0. The average Bonchev–Trinajstić information content (AvgIpc) is 3.14. The van der Waals surface area contributed by atoms with Crippen LogP contribution < -0.4 is 0 Å². The van der Waals surface area contributed by atoms with Gasteiger partial charge in [0.15, 0.2) is 0 Å². The van der Waals surface area contributed by atoms with E-state index in [0.717, 1.165) is 51.6 Å². The highest BCUT2D eigenvalue weighted by atomic mass is 32.2. The number of aliphatic hydroxyl groups is 1. The van der Waals surface area contributed by atoms with Crippen LogP contribution in [0, 0.1) is 19.8 Å². The summed E-state index contributed by atoms with van der Waals surface area (Å²) in [7, 11) is 0. The van der Waals surface area contributed by atoms with Gasteiger partial charge in [0, 0.05) is 29.3 Å². The van der Waals surface area contributed by atoms with Gasteiger partial charge in [-0.25, -0.2) is 0 Å². The number of aliphatic hydroxyl groups excluding tert-OH is 1. The van der Waals surface area contributed by atoms with Gasteiger partial charge < -0.3 is 14.5 Å². The predicted molar refractivity (Wildman–Crippen MR) is 122 cm³/mol. The van der Waals surface area contributed by atoms with Crippen LogP contribution in [0.2, 0.25) is 0 Å². The third-order valence-electron chi connectivity index (χ3n) is 6.09. The number of rotatable bonds is 6. The summed E-state index contributed by atoms with van der Waals surface area (Å²) < 4.78 is 5.26. The van der Waals surface area contributed by atoms with Crippen molar-refractivity contribution in [3.63, 3.8) is 0 Å². The standard InChI is InChI=1S/C25H28N2O3S/c1-17-22(18(2)30-26-17)16-31-23-11-7-6-10-21(23)25(29)27-14-12-20(13-15-27)24(28)19-8-4-3-5-9-19/h3-11,20,24,28H,12-16H2,1-2H3. The average molecular weight is 437 g/mol. The van der Waals surface area contributed by atoms with Gasteiger partial charge in [-0.05, 0) is 50.3 Å². The van der Waals surface area contributed by atoms with Gasteiger partial charge in [-0.2, -0.15) is 0 Å². The van der Waals surface area contributed by atoms with Crippen molar-refractivity contribution >= 4 is 17.7 Å². The molecule has 0 bridgehead atoms. The maximum absolute atomic E-state index is 13.3. The van der Waals surface area contributed by atoms with Crippen molar-refractivity contribution in [3.8, 4) is 0 Å². The lowest BCUT2D eigenvalue weighted by Gasteiger charge is -2.34. The van der Waals surface area contributed by atoms with Crippen LogP contribution in [0.15, 0.2) is 64.0 Å². The highest BCUT2D eigenvalue weighted by Crippen LogP contribution is 2.33. The van der Waals surface area contributed by atoms with Crippen LogP contribution in [-0.2, 0) is 5.75 Å². The van der Waals surface area contributed by atoms with E-state index in [4.69, 9.17) is 4.52 Å².